The van der Waals surface area contributed by atoms with E-state index >= 15 is 0 Å². The summed E-state index contributed by atoms with van der Waals surface area (Å²) in [6.45, 7) is 4.14. The predicted molar refractivity (Wildman–Crippen MR) is 73.0 cm³/mol. The minimum absolute atomic E-state index is 0.400. The Morgan fingerprint density at radius 1 is 1.06 bits per heavy atom. The first-order valence-corrected chi connectivity index (χ1v) is 8.87. The largest absolute Gasteiger partial charge is 0.317 e. The van der Waals surface area contributed by atoms with Gasteiger partial charge in [0.05, 0.1) is 11.5 Å². The minimum Gasteiger partial charge on any atom is -0.317 e. The molecule has 1 rings (SSSR count). The van der Waals surface area contributed by atoms with Gasteiger partial charge in [-0.1, -0.05) is 32.6 Å². The van der Waals surface area contributed by atoms with Gasteiger partial charge in [-0.2, -0.15) is 0 Å². The summed E-state index contributed by atoms with van der Waals surface area (Å²) < 4.78 is 23.8. The number of rotatable bonds is 8. The van der Waals surface area contributed by atoms with Crippen LogP contribution in [-0.4, -0.2) is 33.0 Å². The fourth-order valence-electron chi connectivity index (χ4n) is 2.42. The summed E-state index contributed by atoms with van der Waals surface area (Å²) in [7, 11) is -2.80. The Morgan fingerprint density at radius 2 is 1.71 bits per heavy atom. The highest BCUT2D eigenvalue weighted by Crippen LogP contribution is 2.15. The standard InChI is InChI=1S/C13H27NO2S/c1-2-3-4-5-6-11-17(15,16)12-13-7-9-14-10-8-13/h13-14H,2-12H2,1H3. The Kier molecular flexibility index (Phi) is 7.12. The maximum Gasteiger partial charge on any atom is 0.150 e. The van der Waals surface area contributed by atoms with Crippen molar-refractivity contribution in [3.8, 4) is 0 Å². The van der Waals surface area contributed by atoms with Gasteiger partial charge in [0.25, 0.3) is 0 Å². The molecule has 1 saturated heterocycles. The van der Waals surface area contributed by atoms with E-state index < -0.39 is 9.84 Å². The van der Waals surface area contributed by atoms with Crippen molar-refractivity contribution < 1.29 is 8.42 Å². The van der Waals surface area contributed by atoms with Crippen LogP contribution in [0.25, 0.3) is 0 Å². The molecule has 0 saturated carbocycles. The monoisotopic (exact) mass is 261 g/mol. The van der Waals surface area contributed by atoms with Gasteiger partial charge >= 0.3 is 0 Å². The number of sulfone groups is 1. The third-order valence-corrected chi connectivity index (χ3v) is 5.40. The fourth-order valence-corrected chi connectivity index (χ4v) is 4.28. The van der Waals surface area contributed by atoms with E-state index in [1.807, 2.05) is 0 Å². The van der Waals surface area contributed by atoms with Crippen molar-refractivity contribution in [2.45, 2.75) is 51.9 Å². The highest BCUT2D eigenvalue weighted by Gasteiger charge is 2.20. The molecule has 0 atom stereocenters. The molecule has 1 aliphatic rings. The van der Waals surface area contributed by atoms with Crippen molar-refractivity contribution in [2.75, 3.05) is 24.6 Å². The average Bonchev–Trinajstić information content (AvgIpc) is 2.29. The zero-order chi connectivity index (χ0) is 12.6. The van der Waals surface area contributed by atoms with Crippen LogP contribution in [0.2, 0.25) is 0 Å². The Balaban J connectivity index is 2.16. The highest BCUT2D eigenvalue weighted by atomic mass is 32.2. The predicted octanol–water partition coefficient (Wildman–Crippen LogP) is 2.37. The smallest absolute Gasteiger partial charge is 0.150 e. The van der Waals surface area contributed by atoms with Gasteiger partial charge in [0.1, 0.15) is 0 Å². The molecular formula is C13H27NO2S. The Hall–Kier alpha value is -0.0900. The van der Waals surface area contributed by atoms with Crippen LogP contribution in [0.4, 0.5) is 0 Å². The van der Waals surface area contributed by atoms with Gasteiger partial charge < -0.3 is 5.32 Å². The molecule has 17 heavy (non-hydrogen) atoms. The molecule has 1 heterocycles. The first-order valence-electron chi connectivity index (χ1n) is 7.05. The van der Waals surface area contributed by atoms with E-state index in [1.165, 1.54) is 19.3 Å². The van der Waals surface area contributed by atoms with Crippen LogP contribution in [0.15, 0.2) is 0 Å². The maximum atomic E-state index is 11.9. The number of hydrogen-bond acceptors (Lipinski definition) is 3. The van der Waals surface area contributed by atoms with Gasteiger partial charge in [0, 0.05) is 0 Å². The molecule has 0 aliphatic carbocycles. The van der Waals surface area contributed by atoms with Crippen LogP contribution >= 0.6 is 0 Å². The molecule has 1 fully saturated rings. The molecular weight excluding hydrogens is 234 g/mol. The number of unbranched alkanes of at least 4 members (excludes halogenated alkanes) is 4. The highest BCUT2D eigenvalue weighted by molar-refractivity contribution is 7.91. The molecule has 0 aromatic carbocycles. The van der Waals surface area contributed by atoms with Crippen LogP contribution in [0.3, 0.4) is 0 Å². The average molecular weight is 261 g/mol. The topological polar surface area (TPSA) is 46.2 Å². The van der Waals surface area contributed by atoms with Gasteiger partial charge in [-0.15, -0.1) is 0 Å². The molecule has 0 unspecified atom stereocenters. The summed E-state index contributed by atoms with van der Waals surface area (Å²) in [5.74, 6) is 1.22. The molecule has 0 aromatic rings. The number of piperidine rings is 1. The Labute approximate surface area is 106 Å². The van der Waals surface area contributed by atoms with Crippen molar-refractivity contribution in [2.24, 2.45) is 5.92 Å². The Morgan fingerprint density at radius 3 is 2.35 bits per heavy atom. The molecule has 0 amide bonds. The van der Waals surface area contributed by atoms with E-state index in [4.69, 9.17) is 0 Å². The maximum absolute atomic E-state index is 11.9. The number of nitrogens with one attached hydrogen (secondary N) is 1. The second kappa shape index (κ2) is 8.09. The van der Waals surface area contributed by atoms with Gasteiger partial charge in [-0.05, 0) is 38.3 Å². The summed E-state index contributed by atoms with van der Waals surface area (Å²) in [6.07, 6.45) is 7.59. The lowest BCUT2D eigenvalue weighted by molar-refractivity contribution is 0.401. The molecule has 1 N–H and O–H groups in total. The first kappa shape index (κ1) is 15.0. The lowest BCUT2D eigenvalue weighted by atomic mass is 10.0. The molecule has 0 aromatic heterocycles. The van der Waals surface area contributed by atoms with E-state index in [1.54, 1.807) is 0 Å². The van der Waals surface area contributed by atoms with Gasteiger partial charge in [-0.25, -0.2) is 8.42 Å². The van der Waals surface area contributed by atoms with E-state index in [9.17, 15) is 8.42 Å². The molecule has 1 aliphatic heterocycles. The molecule has 0 radical (unpaired) electrons. The fraction of sp³-hybridized carbons (Fsp3) is 1.00. The van der Waals surface area contributed by atoms with Gasteiger partial charge in [0.2, 0.25) is 0 Å². The minimum atomic E-state index is -2.80. The summed E-state index contributed by atoms with van der Waals surface area (Å²) in [6, 6.07) is 0. The van der Waals surface area contributed by atoms with Crippen LogP contribution in [0.1, 0.15) is 51.9 Å². The van der Waals surface area contributed by atoms with Crippen molar-refractivity contribution >= 4 is 9.84 Å². The zero-order valence-electron chi connectivity index (χ0n) is 11.1. The van der Waals surface area contributed by atoms with Crippen molar-refractivity contribution in [3.63, 3.8) is 0 Å². The summed E-state index contributed by atoms with van der Waals surface area (Å²) in [5, 5.41) is 3.27. The normalized spacial score (nSPS) is 18.4. The summed E-state index contributed by atoms with van der Waals surface area (Å²) in [5.41, 5.74) is 0. The molecule has 0 bridgehead atoms. The second-order valence-corrected chi connectivity index (χ2v) is 7.45. The second-order valence-electron chi connectivity index (χ2n) is 5.22. The number of hydrogen-bond donors (Lipinski definition) is 1. The van der Waals surface area contributed by atoms with Crippen LogP contribution in [0.5, 0.6) is 0 Å². The lowest BCUT2D eigenvalue weighted by Crippen LogP contribution is -2.32. The van der Waals surface area contributed by atoms with Gasteiger partial charge in [-0.3, -0.25) is 0 Å². The van der Waals surface area contributed by atoms with E-state index in [0.717, 1.165) is 38.8 Å². The van der Waals surface area contributed by atoms with Crippen LogP contribution in [0, 0.1) is 5.92 Å². The third-order valence-electron chi connectivity index (χ3n) is 3.51. The van der Waals surface area contributed by atoms with E-state index in [-0.39, 0.29) is 0 Å². The lowest BCUT2D eigenvalue weighted by Gasteiger charge is -2.22. The molecule has 3 nitrogen and oxygen atoms in total. The first-order chi connectivity index (χ1) is 8.14. The van der Waals surface area contributed by atoms with Crippen molar-refractivity contribution in [1.82, 2.24) is 5.32 Å². The molecule has 4 heteroatoms. The van der Waals surface area contributed by atoms with E-state index in [0.29, 0.717) is 17.4 Å². The summed E-state index contributed by atoms with van der Waals surface area (Å²) in [4.78, 5) is 0. The van der Waals surface area contributed by atoms with E-state index in [2.05, 4.69) is 12.2 Å². The quantitative estimate of drug-likeness (QED) is 0.682. The van der Waals surface area contributed by atoms with Crippen LogP contribution in [-0.2, 0) is 9.84 Å². The molecule has 0 spiro atoms. The van der Waals surface area contributed by atoms with Crippen molar-refractivity contribution in [1.29, 1.82) is 0 Å². The van der Waals surface area contributed by atoms with Gasteiger partial charge in [0.15, 0.2) is 9.84 Å². The summed E-state index contributed by atoms with van der Waals surface area (Å²) >= 11 is 0. The van der Waals surface area contributed by atoms with Crippen LogP contribution < -0.4 is 5.32 Å². The zero-order valence-corrected chi connectivity index (χ0v) is 11.9. The SMILES string of the molecule is CCCCCCCS(=O)(=O)CC1CCNCC1. The third kappa shape index (κ3) is 7.04. The molecule has 102 valence electrons. The Bertz CT molecular complexity index is 282. The van der Waals surface area contributed by atoms with Crippen molar-refractivity contribution in [3.05, 3.63) is 0 Å².